The van der Waals surface area contributed by atoms with Gasteiger partial charge in [0.25, 0.3) is 17.5 Å². The summed E-state index contributed by atoms with van der Waals surface area (Å²) in [6.07, 6.45) is 1.41. The number of hydrogen-bond acceptors (Lipinski definition) is 6. The Kier molecular flexibility index (Phi) is 10.8. The fourth-order valence-electron chi connectivity index (χ4n) is 3.94. The maximum absolute atomic E-state index is 13.3. The number of rotatable bonds is 10. The molecule has 224 valence electrons. The first-order valence-electron chi connectivity index (χ1n) is 13.2. The van der Waals surface area contributed by atoms with E-state index in [9.17, 15) is 24.5 Å². The monoisotopic (exact) mass is 648 g/mol. The Morgan fingerprint density at radius 1 is 0.886 bits per heavy atom. The van der Waals surface area contributed by atoms with Crippen molar-refractivity contribution in [2.24, 2.45) is 0 Å². The summed E-state index contributed by atoms with van der Waals surface area (Å²) in [5.41, 5.74) is 2.13. The van der Waals surface area contributed by atoms with Crippen LogP contribution in [0.15, 0.2) is 102 Å². The number of nitro groups is 1. The van der Waals surface area contributed by atoms with Gasteiger partial charge in [-0.1, -0.05) is 47.5 Å². The second-order valence-corrected chi connectivity index (χ2v) is 11.7. The Morgan fingerprint density at radius 2 is 1.55 bits per heavy atom. The summed E-state index contributed by atoms with van der Waals surface area (Å²) in [7, 11) is 0. The lowest BCUT2D eigenvalue weighted by molar-refractivity contribution is -0.384. The highest BCUT2D eigenvalue weighted by atomic mass is 35.5. The Labute approximate surface area is 267 Å². The summed E-state index contributed by atoms with van der Waals surface area (Å²) in [5, 5.41) is 19.3. The molecule has 3 N–H and O–H groups in total. The number of thioether (sulfide) groups is 1. The van der Waals surface area contributed by atoms with Gasteiger partial charge in [0.15, 0.2) is 0 Å². The normalized spacial score (nSPS) is 11.8. The molecule has 0 aliphatic heterocycles. The average molecular weight is 650 g/mol. The highest BCUT2D eigenvalue weighted by Crippen LogP contribution is 2.29. The average Bonchev–Trinajstić information content (AvgIpc) is 3.00. The minimum atomic E-state index is -0.600. The quantitative estimate of drug-likeness (QED) is 0.0698. The Bertz CT molecular complexity index is 1730. The standard InChI is InChI=1S/C32H26Cl2N4O5S/c1-19-17-23(38(42)43)13-16-28(19)36-30(39)20(2)44-24-14-11-22(12-15-24)35-32(41)29(18-25-26(33)9-6-10-27(25)34)37-31(40)21-7-4-3-5-8-21/h3-18,20H,1-2H3,(H,35,41)(H,36,39)(H,37,40)/b29-18-. The van der Waals surface area contributed by atoms with Gasteiger partial charge in [-0.05, 0) is 80.1 Å². The molecule has 4 aromatic carbocycles. The van der Waals surface area contributed by atoms with E-state index >= 15 is 0 Å². The van der Waals surface area contributed by atoms with E-state index in [0.29, 0.717) is 38.1 Å². The Balaban J connectivity index is 1.45. The first-order chi connectivity index (χ1) is 21.0. The zero-order valence-electron chi connectivity index (χ0n) is 23.5. The number of hydrogen-bond donors (Lipinski definition) is 3. The van der Waals surface area contributed by atoms with Gasteiger partial charge >= 0.3 is 0 Å². The Hall–Kier alpha value is -4.64. The third-order valence-corrected chi connectivity index (χ3v) is 8.06. The molecule has 9 nitrogen and oxygen atoms in total. The number of anilines is 2. The first kappa shape index (κ1) is 32.3. The van der Waals surface area contributed by atoms with Crippen LogP contribution >= 0.6 is 35.0 Å². The van der Waals surface area contributed by atoms with E-state index in [0.717, 1.165) is 4.90 Å². The number of amides is 3. The number of nitro benzene ring substituents is 1. The lowest BCUT2D eigenvalue weighted by atomic mass is 10.1. The molecular formula is C32H26Cl2N4O5S. The lowest BCUT2D eigenvalue weighted by Gasteiger charge is -2.14. The highest BCUT2D eigenvalue weighted by Gasteiger charge is 2.19. The van der Waals surface area contributed by atoms with E-state index < -0.39 is 22.0 Å². The van der Waals surface area contributed by atoms with Gasteiger partial charge < -0.3 is 16.0 Å². The topological polar surface area (TPSA) is 130 Å². The van der Waals surface area contributed by atoms with E-state index in [1.807, 2.05) is 0 Å². The van der Waals surface area contributed by atoms with Gasteiger partial charge in [-0.3, -0.25) is 24.5 Å². The number of benzene rings is 4. The van der Waals surface area contributed by atoms with Crippen LogP contribution < -0.4 is 16.0 Å². The molecule has 0 saturated carbocycles. The molecule has 0 heterocycles. The summed E-state index contributed by atoms with van der Waals surface area (Å²) in [6.45, 7) is 3.42. The SMILES string of the molecule is Cc1cc([N+](=O)[O-])ccc1NC(=O)C(C)Sc1ccc(NC(=O)/C(=C/c2c(Cl)cccc2Cl)NC(=O)c2ccccc2)cc1. The molecule has 4 aromatic rings. The molecule has 0 aliphatic carbocycles. The smallest absolute Gasteiger partial charge is 0.272 e. The maximum atomic E-state index is 13.3. The summed E-state index contributed by atoms with van der Waals surface area (Å²) < 4.78 is 0. The summed E-state index contributed by atoms with van der Waals surface area (Å²) >= 11 is 13.9. The van der Waals surface area contributed by atoms with Crippen LogP contribution in [0.1, 0.15) is 28.4 Å². The van der Waals surface area contributed by atoms with Gasteiger partial charge in [-0.25, -0.2) is 0 Å². The largest absolute Gasteiger partial charge is 0.325 e. The minimum Gasteiger partial charge on any atom is -0.325 e. The Morgan fingerprint density at radius 3 is 2.16 bits per heavy atom. The number of halogens is 2. The second kappa shape index (κ2) is 14.7. The van der Waals surface area contributed by atoms with Crippen LogP contribution in [0, 0.1) is 17.0 Å². The van der Waals surface area contributed by atoms with Crippen LogP contribution in [0.25, 0.3) is 6.08 Å². The number of nitrogens with one attached hydrogen (secondary N) is 3. The number of nitrogens with zero attached hydrogens (tertiary/aromatic N) is 1. The van der Waals surface area contributed by atoms with E-state index in [1.165, 1.54) is 36.0 Å². The van der Waals surface area contributed by atoms with Crippen molar-refractivity contribution in [3.05, 3.63) is 134 Å². The fraction of sp³-hybridized carbons (Fsp3) is 0.0938. The molecular weight excluding hydrogens is 623 g/mol. The number of carbonyl (C=O) groups excluding carboxylic acids is 3. The summed E-state index contributed by atoms with van der Waals surface area (Å²) in [6, 6.07) is 24.4. The van der Waals surface area contributed by atoms with Crippen molar-refractivity contribution < 1.29 is 19.3 Å². The molecule has 0 bridgehead atoms. The summed E-state index contributed by atoms with van der Waals surface area (Å²) in [5.74, 6) is -1.36. The van der Waals surface area contributed by atoms with Gasteiger partial charge in [0, 0.05) is 49.6 Å². The van der Waals surface area contributed by atoms with Crippen molar-refractivity contribution in [3.8, 4) is 0 Å². The highest BCUT2D eigenvalue weighted by molar-refractivity contribution is 8.00. The molecule has 3 amide bonds. The molecule has 0 saturated heterocycles. The van der Waals surface area contributed by atoms with E-state index in [1.54, 1.807) is 86.6 Å². The van der Waals surface area contributed by atoms with E-state index in [2.05, 4.69) is 16.0 Å². The summed E-state index contributed by atoms with van der Waals surface area (Å²) in [4.78, 5) is 50.3. The van der Waals surface area contributed by atoms with Gasteiger partial charge in [0.2, 0.25) is 5.91 Å². The predicted octanol–water partition coefficient (Wildman–Crippen LogP) is 7.74. The van der Waals surface area contributed by atoms with Gasteiger partial charge in [-0.15, -0.1) is 11.8 Å². The number of aryl methyl sites for hydroxylation is 1. The zero-order chi connectivity index (χ0) is 31.8. The molecule has 0 radical (unpaired) electrons. The number of carbonyl (C=O) groups is 3. The molecule has 0 fully saturated rings. The molecule has 44 heavy (non-hydrogen) atoms. The molecule has 1 unspecified atom stereocenters. The number of non-ortho nitro benzene ring substituents is 1. The van der Waals surface area contributed by atoms with Gasteiger partial charge in [0.05, 0.1) is 10.2 Å². The molecule has 0 spiro atoms. The van der Waals surface area contributed by atoms with Crippen LogP contribution in [0.2, 0.25) is 10.0 Å². The maximum Gasteiger partial charge on any atom is 0.272 e. The van der Waals surface area contributed by atoms with Crippen molar-refractivity contribution in [1.29, 1.82) is 0 Å². The van der Waals surface area contributed by atoms with Crippen LogP contribution in [-0.2, 0) is 9.59 Å². The third kappa shape index (κ3) is 8.47. The van der Waals surface area contributed by atoms with Crippen LogP contribution in [0.4, 0.5) is 17.1 Å². The third-order valence-electron chi connectivity index (χ3n) is 6.29. The van der Waals surface area contributed by atoms with Gasteiger partial charge in [0.1, 0.15) is 5.70 Å². The van der Waals surface area contributed by atoms with Crippen molar-refractivity contribution in [2.45, 2.75) is 24.0 Å². The molecule has 0 aromatic heterocycles. The van der Waals surface area contributed by atoms with Crippen molar-refractivity contribution in [2.75, 3.05) is 10.6 Å². The molecule has 12 heteroatoms. The second-order valence-electron chi connectivity index (χ2n) is 9.50. The van der Waals surface area contributed by atoms with Crippen molar-refractivity contribution >= 4 is 75.8 Å². The van der Waals surface area contributed by atoms with E-state index in [-0.39, 0.29) is 17.3 Å². The van der Waals surface area contributed by atoms with Crippen LogP contribution in [0.3, 0.4) is 0 Å². The first-order valence-corrected chi connectivity index (χ1v) is 14.8. The van der Waals surface area contributed by atoms with Crippen molar-refractivity contribution in [3.63, 3.8) is 0 Å². The fourth-order valence-corrected chi connectivity index (χ4v) is 5.32. The molecule has 0 aliphatic rings. The van der Waals surface area contributed by atoms with Crippen LogP contribution in [-0.4, -0.2) is 27.9 Å². The van der Waals surface area contributed by atoms with Crippen molar-refractivity contribution in [1.82, 2.24) is 5.32 Å². The zero-order valence-corrected chi connectivity index (χ0v) is 25.8. The van der Waals surface area contributed by atoms with Crippen LogP contribution in [0.5, 0.6) is 0 Å². The minimum absolute atomic E-state index is 0.0519. The molecule has 4 rings (SSSR count). The lowest BCUT2D eigenvalue weighted by Crippen LogP contribution is -2.30. The van der Waals surface area contributed by atoms with E-state index in [4.69, 9.17) is 23.2 Å². The predicted molar refractivity (Wildman–Crippen MR) is 175 cm³/mol. The molecule has 1 atom stereocenters. The van der Waals surface area contributed by atoms with Gasteiger partial charge in [-0.2, -0.15) is 0 Å².